The van der Waals surface area contributed by atoms with E-state index in [1.165, 1.54) is 19.3 Å². The van der Waals surface area contributed by atoms with Gasteiger partial charge in [0.25, 0.3) is 0 Å². The molecule has 0 N–H and O–H groups in total. The SMILES string of the molecule is COC(=O)[C@@H](C)/C=C/[C@@H](C(C)C)[N+](=O)[O-]. The first-order valence-electron chi connectivity index (χ1n) is 4.79. The number of ether oxygens (including phenoxy) is 1. The van der Waals surface area contributed by atoms with E-state index in [1.807, 2.05) is 0 Å². The lowest BCUT2D eigenvalue weighted by molar-refractivity contribution is -0.517. The highest BCUT2D eigenvalue weighted by Gasteiger charge is 2.21. The highest BCUT2D eigenvalue weighted by molar-refractivity contribution is 5.73. The summed E-state index contributed by atoms with van der Waals surface area (Å²) in [7, 11) is 1.29. The fraction of sp³-hybridized carbons (Fsp3) is 0.700. The number of nitro groups is 1. The Hall–Kier alpha value is -1.39. The molecule has 15 heavy (non-hydrogen) atoms. The van der Waals surface area contributed by atoms with Gasteiger partial charge in [-0.15, -0.1) is 0 Å². The Kier molecular flexibility index (Phi) is 5.59. The second-order valence-electron chi connectivity index (χ2n) is 3.72. The molecule has 5 heteroatoms. The maximum Gasteiger partial charge on any atom is 0.312 e. The Morgan fingerprint density at radius 3 is 2.20 bits per heavy atom. The van der Waals surface area contributed by atoms with E-state index in [2.05, 4.69) is 4.74 Å². The summed E-state index contributed by atoms with van der Waals surface area (Å²) in [5, 5.41) is 10.6. The van der Waals surface area contributed by atoms with Gasteiger partial charge in [-0.05, 0) is 13.0 Å². The zero-order valence-electron chi connectivity index (χ0n) is 9.47. The van der Waals surface area contributed by atoms with Gasteiger partial charge in [0.05, 0.1) is 13.0 Å². The van der Waals surface area contributed by atoms with Crippen LogP contribution in [0.3, 0.4) is 0 Å². The van der Waals surface area contributed by atoms with Gasteiger partial charge in [0.1, 0.15) is 0 Å². The largest absolute Gasteiger partial charge is 0.469 e. The van der Waals surface area contributed by atoms with Crippen LogP contribution in [0.5, 0.6) is 0 Å². The molecule has 0 fully saturated rings. The predicted octanol–water partition coefficient (Wildman–Crippen LogP) is 1.65. The predicted molar refractivity (Wildman–Crippen MR) is 55.9 cm³/mol. The van der Waals surface area contributed by atoms with Crippen molar-refractivity contribution < 1.29 is 14.5 Å². The molecule has 0 bridgehead atoms. The van der Waals surface area contributed by atoms with Crippen molar-refractivity contribution in [3.05, 3.63) is 22.3 Å². The van der Waals surface area contributed by atoms with Crippen molar-refractivity contribution >= 4 is 5.97 Å². The van der Waals surface area contributed by atoms with Crippen molar-refractivity contribution in [1.29, 1.82) is 0 Å². The van der Waals surface area contributed by atoms with Crippen LogP contribution in [0.2, 0.25) is 0 Å². The number of esters is 1. The van der Waals surface area contributed by atoms with E-state index in [0.29, 0.717) is 0 Å². The Morgan fingerprint density at radius 2 is 1.87 bits per heavy atom. The Balaban J connectivity index is 4.47. The van der Waals surface area contributed by atoms with E-state index >= 15 is 0 Å². The molecule has 2 atom stereocenters. The molecule has 0 aliphatic carbocycles. The number of carbonyl (C=O) groups is 1. The summed E-state index contributed by atoms with van der Waals surface area (Å²) in [6.07, 6.45) is 2.96. The van der Waals surface area contributed by atoms with Gasteiger partial charge in [-0.2, -0.15) is 0 Å². The number of methoxy groups -OCH3 is 1. The highest BCUT2D eigenvalue weighted by Crippen LogP contribution is 2.09. The first-order chi connectivity index (χ1) is 6.90. The summed E-state index contributed by atoms with van der Waals surface area (Å²) < 4.78 is 4.51. The molecule has 0 aromatic carbocycles. The van der Waals surface area contributed by atoms with Crippen LogP contribution in [-0.4, -0.2) is 24.0 Å². The minimum atomic E-state index is -0.753. The lowest BCUT2D eigenvalue weighted by Gasteiger charge is -2.09. The smallest absolute Gasteiger partial charge is 0.312 e. The summed E-state index contributed by atoms with van der Waals surface area (Å²) in [6.45, 7) is 5.17. The van der Waals surface area contributed by atoms with Crippen molar-refractivity contribution in [3.63, 3.8) is 0 Å². The quantitative estimate of drug-likeness (QED) is 0.302. The number of rotatable bonds is 5. The molecule has 0 unspecified atom stereocenters. The molecular weight excluding hydrogens is 198 g/mol. The van der Waals surface area contributed by atoms with Crippen molar-refractivity contribution in [2.45, 2.75) is 26.8 Å². The minimum absolute atomic E-state index is 0.0962. The third-order valence-corrected chi connectivity index (χ3v) is 2.10. The minimum Gasteiger partial charge on any atom is -0.469 e. The van der Waals surface area contributed by atoms with Gasteiger partial charge in [-0.3, -0.25) is 14.9 Å². The van der Waals surface area contributed by atoms with Gasteiger partial charge in [-0.1, -0.05) is 19.9 Å². The first kappa shape index (κ1) is 13.6. The number of nitrogens with zero attached hydrogens (tertiary/aromatic N) is 1. The zero-order chi connectivity index (χ0) is 12.0. The van der Waals surface area contributed by atoms with E-state index in [-0.39, 0.29) is 10.8 Å². The van der Waals surface area contributed by atoms with Crippen LogP contribution >= 0.6 is 0 Å². The monoisotopic (exact) mass is 215 g/mol. The molecule has 0 aromatic rings. The summed E-state index contributed by atoms with van der Waals surface area (Å²) in [6, 6.07) is -0.753. The Morgan fingerprint density at radius 1 is 1.33 bits per heavy atom. The van der Waals surface area contributed by atoms with E-state index in [4.69, 9.17) is 0 Å². The molecule has 0 aliphatic heterocycles. The highest BCUT2D eigenvalue weighted by atomic mass is 16.6. The van der Waals surface area contributed by atoms with Crippen molar-refractivity contribution in [1.82, 2.24) is 0 Å². The van der Waals surface area contributed by atoms with Crippen LogP contribution in [0.4, 0.5) is 0 Å². The van der Waals surface area contributed by atoms with Gasteiger partial charge in [0.15, 0.2) is 0 Å². The summed E-state index contributed by atoms with van der Waals surface area (Å²) >= 11 is 0. The lowest BCUT2D eigenvalue weighted by atomic mass is 10.0. The summed E-state index contributed by atoms with van der Waals surface area (Å²) in [5.74, 6) is -0.936. The second-order valence-corrected chi connectivity index (χ2v) is 3.72. The number of hydrogen-bond donors (Lipinski definition) is 0. The van der Waals surface area contributed by atoms with Crippen molar-refractivity contribution in [2.24, 2.45) is 11.8 Å². The maximum absolute atomic E-state index is 11.0. The molecule has 86 valence electrons. The third-order valence-electron chi connectivity index (χ3n) is 2.10. The molecule has 0 saturated heterocycles. The van der Waals surface area contributed by atoms with Gasteiger partial charge in [0.2, 0.25) is 6.04 Å². The average molecular weight is 215 g/mol. The van der Waals surface area contributed by atoms with E-state index in [9.17, 15) is 14.9 Å². The lowest BCUT2D eigenvalue weighted by Crippen LogP contribution is -2.23. The Bertz CT molecular complexity index is 260. The van der Waals surface area contributed by atoms with Crippen LogP contribution in [-0.2, 0) is 9.53 Å². The standard InChI is InChI=1S/C10H17NO4/c1-7(2)9(11(13)14)6-5-8(3)10(12)15-4/h5-9H,1-4H3/b6-5+/t8-,9-/m0/s1. The van der Waals surface area contributed by atoms with Crippen molar-refractivity contribution in [3.8, 4) is 0 Å². The normalized spacial score (nSPS) is 15.3. The van der Waals surface area contributed by atoms with Gasteiger partial charge < -0.3 is 4.74 Å². The van der Waals surface area contributed by atoms with Gasteiger partial charge in [-0.25, -0.2) is 0 Å². The first-order valence-corrected chi connectivity index (χ1v) is 4.79. The number of carbonyl (C=O) groups excluding carboxylic acids is 1. The molecule has 0 heterocycles. The summed E-state index contributed by atoms with van der Waals surface area (Å²) in [4.78, 5) is 21.3. The molecular formula is C10H17NO4. The molecule has 0 radical (unpaired) electrons. The summed E-state index contributed by atoms with van der Waals surface area (Å²) in [5.41, 5.74) is 0. The van der Waals surface area contributed by atoms with E-state index in [0.717, 1.165) is 0 Å². The van der Waals surface area contributed by atoms with Gasteiger partial charge in [0, 0.05) is 10.8 Å². The third kappa shape index (κ3) is 4.58. The molecule has 0 rings (SSSR count). The van der Waals surface area contributed by atoms with Crippen LogP contribution < -0.4 is 0 Å². The number of hydrogen-bond acceptors (Lipinski definition) is 4. The van der Waals surface area contributed by atoms with E-state index in [1.54, 1.807) is 20.8 Å². The van der Waals surface area contributed by atoms with Gasteiger partial charge >= 0.3 is 5.97 Å². The fourth-order valence-corrected chi connectivity index (χ4v) is 1.08. The van der Waals surface area contributed by atoms with E-state index < -0.39 is 17.9 Å². The average Bonchev–Trinajstić information content (AvgIpc) is 2.15. The molecule has 0 saturated carbocycles. The van der Waals surface area contributed by atoms with Crippen LogP contribution in [0.25, 0.3) is 0 Å². The second kappa shape index (κ2) is 6.16. The fourth-order valence-electron chi connectivity index (χ4n) is 1.08. The zero-order valence-corrected chi connectivity index (χ0v) is 9.47. The maximum atomic E-state index is 11.0. The molecule has 0 aromatic heterocycles. The molecule has 5 nitrogen and oxygen atoms in total. The molecule has 0 aliphatic rings. The van der Waals surface area contributed by atoms with Crippen LogP contribution in [0.15, 0.2) is 12.2 Å². The van der Waals surface area contributed by atoms with Crippen LogP contribution in [0.1, 0.15) is 20.8 Å². The molecule has 0 spiro atoms. The van der Waals surface area contributed by atoms with Crippen molar-refractivity contribution in [2.75, 3.05) is 7.11 Å². The topological polar surface area (TPSA) is 69.4 Å². The van der Waals surface area contributed by atoms with Crippen LogP contribution in [0, 0.1) is 22.0 Å². The Labute approximate surface area is 89.3 Å². The molecule has 0 amide bonds.